The summed E-state index contributed by atoms with van der Waals surface area (Å²) in [6.07, 6.45) is 0.836. The third-order valence-electron chi connectivity index (χ3n) is 4.22. The first kappa shape index (κ1) is 18.0. The predicted octanol–water partition coefficient (Wildman–Crippen LogP) is 2.31. The molecule has 24 heavy (non-hydrogen) atoms. The molecule has 1 aliphatic carbocycles. The molecular weight excluding hydrogens is 308 g/mol. The smallest absolute Gasteiger partial charge is 0.309 e. The van der Waals surface area contributed by atoms with Crippen LogP contribution in [0.5, 0.6) is 0 Å². The molecule has 1 aromatic carbocycles. The highest BCUT2D eigenvalue weighted by molar-refractivity contribution is 5.96. The van der Waals surface area contributed by atoms with E-state index in [1.807, 2.05) is 20.8 Å². The van der Waals surface area contributed by atoms with Crippen LogP contribution in [-0.2, 0) is 14.3 Å². The van der Waals surface area contributed by atoms with E-state index in [4.69, 9.17) is 4.74 Å². The van der Waals surface area contributed by atoms with E-state index in [0.717, 1.165) is 6.42 Å². The second-order valence-electron chi connectivity index (χ2n) is 6.03. The molecule has 2 rings (SSSR count). The number of hydrogen-bond donors (Lipinski definition) is 1. The zero-order valence-electron chi connectivity index (χ0n) is 14.4. The number of anilines is 1. The first-order valence-electron chi connectivity index (χ1n) is 8.32. The Hall–Kier alpha value is -2.37. The van der Waals surface area contributed by atoms with E-state index in [1.54, 1.807) is 29.2 Å². The van der Waals surface area contributed by atoms with Crippen LogP contribution in [-0.4, -0.2) is 42.4 Å². The lowest BCUT2D eigenvalue weighted by atomic mass is 10.2. The molecule has 1 N–H and O–H groups in total. The van der Waals surface area contributed by atoms with E-state index in [0.29, 0.717) is 30.3 Å². The molecule has 1 aromatic rings. The lowest BCUT2D eigenvalue weighted by molar-refractivity contribution is -0.148. The Morgan fingerprint density at radius 3 is 2.25 bits per heavy atom. The number of esters is 1. The van der Waals surface area contributed by atoms with Gasteiger partial charge >= 0.3 is 5.97 Å². The highest BCUT2D eigenvalue weighted by Gasteiger charge is 2.40. The number of nitrogens with one attached hydrogen (secondary N) is 1. The number of hydrogen-bond acceptors (Lipinski definition) is 4. The number of benzene rings is 1. The van der Waals surface area contributed by atoms with Crippen molar-refractivity contribution in [2.75, 3.05) is 25.0 Å². The van der Waals surface area contributed by atoms with Gasteiger partial charge in [-0.1, -0.05) is 6.92 Å². The van der Waals surface area contributed by atoms with Gasteiger partial charge in [0.05, 0.1) is 5.92 Å². The van der Waals surface area contributed by atoms with Gasteiger partial charge in [0.25, 0.3) is 11.8 Å². The highest BCUT2D eigenvalue weighted by Crippen LogP contribution is 2.38. The van der Waals surface area contributed by atoms with Crippen LogP contribution in [0.2, 0.25) is 0 Å². The number of carbonyl (C=O) groups is 3. The molecular formula is C18H24N2O4. The van der Waals surface area contributed by atoms with Gasteiger partial charge in [-0.15, -0.1) is 0 Å². The van der Waals surface area contributed by atoms with Gasteiger partial charge in [0.2, 0.25) is 0 Å². The Kier molecular flexibility index (Phi) is 5.95. The van der Waals surface area contributed by atoms with Crippen molar-refractivity contribution in [3.05, 3.63) is 29.8 Å². The lowest BCUT2D eigenvalue weighted by Crippen LogP contribution is -2.30. The average Bonchev–Trinajstić information content (AvgIpc) is 3.31. The van der Waals surface area contributed by atoms with Crippen molar-refractivity contribution in [2.45, 2.75) is 27.2 Å². The third kappa shape index (κ3) is 4.57. The summed E-state index contributed by atoms with van der Waals surface area (Å²) >= 11 is 0. The van der Waals surface area contributed by atoms with Crippen molar-refractivity contribution in [2.24, 2.45) is 11.8 Å². The van der Waals surface area contributed by atoms with Gasteiger partial charge in [-0.2, -0.15) is 0 Å². The fourth-order valence-electron chi connectivity index (χ4n) is 2.48. The van der Waals surface area contributed by atoms with Crippen LogP contribution in [0.25, 0.3) is 0 Å². The van der Waals surface area contributed by atoms with Gasteiger partial charge in [-0.3, -0.25) is 14.4 Å². The molecule has 6 nitrogen and oxygen atoms in total. The molecule has 2 amide bonds. The Labute approximate surface area is 142 Å². The molecule has 1 aliphatic rings. The molecule has 0 radical (unpaired) electrons. The standard InChI is InChI=1S/C18H24N2O4/c1-4-20(5-2)17(22)13-6-8-14(9-7-13)19-16(21)11-24-18(23)15-10-12(15)3/h6-9,12,15H,4-5,10-11H2,1-3H3,(H,19,21)/t12-,15-/m0/s1. The van der Waals surface area contributed by atoms with Crippen molar-refractivity contribution < 1.29 is 19.1 Å². The van der Waals surface area contributed by atoms with Gasteiger partial charge in [0.1, 0.15) is 0 Å². The fourth-order valence-corrected chi connectivity index (χ4v) is 2.48. The zero-order valence-corrected chi connectivity index (χ0v) is 14.4. The quantitative estimate of drug-likeness (QED) is 0.778. The van der Waals surface area contributed by atoms with Gasteiger partial charge in [0, 0.05) is 24.3 Å². The van der Waals surface area contributed by atoms with Crippen LogP contribution < -0.4 is 5.32 Å². The van der Waals surface area contributed by atoms with E-state index in [9.17, 15) is 14.4 Å². The Morgan fingerprint density at radius 2 is 1.75 bits per heavy atom. The van der Waals surface area contributed by atoms with Crippen LogP contribution in [0, 0.1) is 11.8 Å². The number of carbonyl (C=O) groups excluding carboxylic acids is 3. The minimum absolute atomic E-state index is 0.0367. The highest BCUT2D eigenvalue weighted by atomic mass is 16.5. The first-order chi connectivity index (χ1) is 11.5. The molecule has 0 spiro atoms. The number of nitrogens with zero attached hydrogens (tertiary/aromatic N) is 1. The second kappa shape index (κ2) is 7.95. The Bertz CT molecular complexity index is 608. The molecule has 6 heteroatoms. The maximum Gasteiger partial charge on any atom is 0.309 e. The molecule has 0 aromatic heterocycles. The predicted molar refractivity (Wildman–Crippen MR) is 90.6 cm³/mol. The SMILES string of the molecule is CCN(CC)C(=O)c1ccc(NC(=O)COC(=O)[C@H]2C[C@@H]2C)cc1. The first-order valence-corrected chi connectivity index (χ1v) is 8.32. The Balaban J connectivity index is 1.83. The van der Waals surface area contributed by atoms with Crippen molar-refractivity contribution in [1.82, 2.24) is 4.90 Å². The largest absolute Gasteiger partial charge is 0.455 e. The van der Waals surface area contributed by atoms with Crippen molar-refractivity contribution in [3.8, 4) is 0 Å². The Morgan fingerprint density at radius 1 is 1.17 bits per heavy atom. The van der Waals surface area contributed by atoms with Crippen molar-refractivity contribution >= 4 is 23.5 Å². The maximum absolute atomic E-state index is 12.2. The van der Waals surface area contributed by atoms with E-state index < -0.39 is 0 Å². The maximum atomic E-state index is 12.2. The average molecular weight is 332 g/mol. The normalized spacial score (nSPS) is 18.6. The zero-order chi connectivity index (χ0) is 17.7. The van der Waals surface area contributed by atoms with E-state index in [-0.39, 0.29) is 30.3 Å². The summed E-state index contributed by atoms with van der Waals surface area (Å²) in [6, 6.07) is 6.68. The molecule has 0 saturated heterocycles. The van der Waals surface area contributed by atoms with E-state index >= 15 is 0 Å². The van der Waals surface area contributed by atoms with Crippen LogP contribution >= 0.6 is 0 Å². The van der Waals surface area contributed by atoms with E-state index in [1.165, 1.54) is 0 Å². The summed E-state index contributed by atoms with van der Waals surface area (Å²) < 4.78 is 4.98. The molecule has 0 unspecified atom stereocenters. The van der Waals surface area contributed by atoms with Crippen LogP contribution in [0.4, 0.5) is 5.69 Å². The van der Waals surface area contributed by atoms with Gasteiger partial charge in [-0.05, 0) is 50.5 Å². The molecule has 0 heterocycles. The fraction of sp³-hybridized carbons (Fsp3) is 0.500. The summed E-state index contributed by atoms with van der Waals surface area (Å²) in [6.45, 7) is 6.85. The van der Waals surface area contributed by atoms with Gasteiger partial charge in [0.15, 0.2) is 6.61 Å². The third-order valence-corrected chi connectivity index (χ3v) is 4.22. The monoisotopic (exact) mass is 332 g/mol. The lowest BCUT2D eigenvalue weighted by Gasteiger charge is -2.18. The minimum Gasteiger partial charge on any atom is -0.455 e. The van der Waals surface area contributed by atoms with Crippen molar-refractivity contribution in [3.63, 3.8) is 0 Å². The van der Waals surface area contributed by atoms with Crippen LogP contribution in [0.15, 0.2) is 24.3 Å². The van der Waals surface area contributed by atoms with Gasteiger partial charge in [-0.25, -0.2) is 0 Å². The molecule has 0 aliphatic heterocycles. The minimum atomic E-state index is -0.389. The van der Waals surface area contributed by atoms with E-state index in [2.05, 4.69) is 5.32 Å². The van der Waals surface area contributed by atoms with Gasteiger partial charge < -0.3 is 15.0 Å². The summed E-state index contributed by atoms with van der Waals surface area (Å²) in [4.78, 5) is 37.3. The second-order valence-corrected chi connectivity index (χ2v) is 6.03. The van der Waals surface area contributed by atoms with Crippen molar-refractivity contribution in [1.29, 1.82) is 0 Å². The topological polar surface area (TPSA) is 75.7 Å². The number of amides is 2. The molecule has 0 bridgehead atoms. The summed E-state index contributed by atoms with van der Waals surface area (Å²) in [5, 5.41) is 2.65. The number of ether oxygens (including phenoxy) is 1. The summed E-state index contributed by atoms with van der Waals surface area (Å²) in [5.74, 6) is -0.428. The molecule has 2 atom stereocenters. The molecule has 1 fully saturated rings. The molecule has 130 valence electrons. The van der Waals surface area contributed by atoms with Crippen LogP contribution in [0.1, 0.15) is 37.6 Å². The summed E-state index contributed by atoms with van der Waals surface area (Å²) in [5.41, 5.74) is 1.14. The van der Waals surface area contributed by atoms with Crippen LogP contribution in [0.3, 0.4) is 0 Å². The number of rotatable bonds is 7. The molecule has 1 saturated carbocycles. The summed E-state index contributed by atoms with van der Waals surface area (Å²) in [7, 11) is 0.